The Kier molecular flexibility index (Phi) is 9.70. The van der Waals surface area contributed by atoms with Gasteiger partial charge in [-0.05, 0) is 55.3 Å². The van der Waals surface area contributed by atoms with Crippen molar-refractivity contribution in [1.29, 1.82) is 0 Å². The lowest BCUT2D eigenvalue weighted by molar-refractivity contribution is -0.117. The van der Waals surface area contributed by atoms with Crippen LogP contribution in [-0.2, 0) is 14.3 Å². The van der Waals surface area contributed by atoms with Crippen LogP contribution in [-0.4, -0.2) is 45.6 Å². The molecule has 0 N–H and O–H groups in total. The second-order valence-corrected chi connectivity index (χ2v) is 11.4. The first-order valence-electron chi connectivity index (χ1n) is 15.1. The SMILES string of the molecule is C=CC(C1=CC(=O)C(OC)=CC1=O)c1ccccc1.COc1ccc(-c2c(OC)c3c(OC)c4c(cc3oc2=O)OC(C)(C)C=C4)cc1. The number of methoxy groups -OCH3 is 4. The Morgan fingerprint density at radius 2 is 1.50 bits per heavy atom. The second kappa shape index (κ2) is 13.9. The van der Waals surface area contributed by atoms with Crippen molar-refractivity contribution < 1.29 is 37.7 Å². The van der Waals surface area contributed by atoms with Gasteiger partial charge >= 0.3 is 5.63 Å². The summed E-state index contributed by atoms with van der Waals surface area (Å²) in [6.45, 7) is 7.66. The molecule has 1 atom stereocenters. The van der Waals surface area contributed by atoms with Crippen LogP contribution in [0.1, 0.15) is 30.9 Å². The minimum absolute atomic E-state index is 0.0737. The molecule has 0 saturated carbocycles. The molecule has 2 heterocycles. The van der Waals surface area contributed by atoms with Gasteiger partial charge in [-0.15, -0.1) is 6.58 Å². The van der Waals surface area contributed by atoms with E-state index in [9.17, 15) is 14.4 Å². The number of hydrogen-bond acceptors (Lipinski definition) is 9. The Labute approximate surface area is 278 Å². The molecule has 0 amide bonds. The molecule has 1 aliphatic heterocycles. The maximum absolute atomic E-state index is 12.9. The van der Waals surface area contributed by atoms with E-state index in [2.05, 4.69) is 6.58 Å². The molecule has 1 aliphatic carbocycles. The highest BCUT2D eigenvalue weighted by Gasteiger charge is 2.29. The van der Waals surface area contributed by atoms with Crippen LogP contribution in [0.2, 0.25) is 0 Å². The number of hydrogen-bond donors (Lipinski definition) is 0. The first kappa shape index (κ1) is 33.5. The summed E-state index contributed by atoms with van der Waals surface area (Å²) in [6.07, 6.45) is 8.14. The van der Waals surface area contributed by atoms with Gasteiger partial charge in [0, 0.05) is 23.6 Å². The summed E-state index contributed by atoms with van der Waals surface area (Å²) in [4.78, 5) is 36.7. The largest absolute Gasteiger partial charge is 0.497 e. The summed E-state index contributed by atoms with van der Waals surface area (Å²) in [5.74, 6) is 1.47. The van der Waals surface area contributed by atoms with E-state index < -0.39 is 11.2 Å². The molecule has 0 saturated heterocycles. The van der Waals surface area contributed by atoms with Crippen LogP contribution < -0.4 is 24.6 Å². The van der Waals surface area contributed by atoms with Crippen molar-refractivity contribution in [2.24, 2.45) is 0 Å². The summed E-state index contributed by atoms with van der Waals surface area (Å²) in [6, 6.07) is 18.3. The highest BCUT2D eigenvalue weighted by Crippen LogP contribution is 2.47. The van der Waals surface area contributed by atoms with Crippen LogP contribution >= 0.6 is 0 Å². The van der Waals surface area contributed by atoms with E-state index in [-0.39, 0.29) is 23.2 Å². The van der Waals surface area contributed by atoms with Crippen molar-refractivity contribution in [2.45, 2.75) is 25.4 Å². The van der Waals surface area contributed by atoms with E-state index in [0.29, 0.717) is 50.7 Å². The lowest BCUT2D eigenvalue weighted by Crippen LogP contribution is -2.27. The molecule has 246 valence electrons. The van der Waals surface area contributed by atoms with Crippen molar-refractivity contribution >= 4 is 28.6 Å². The first-order valence-corrected chi connectivity index (χ1v) is 15.1. The van der Waals surface area contributed by atoms with E-state index >= 15 is 0 Å². The topological polar surface area (TPSA) is 111 Å². The van der Waals surface area contributed by atoms with Crippen molar-refractivity contribution in [3.63, 3.8) is 0 Å². The predicted molar refractivity (Wildman–Crippen MR) is 184 cm³/mol. The van der Waals surface area contributed by atoms with Gasteiger partial charge < -0.3 is 28.1 Å². The molecule has 9 heteroatoms. The number of benzene rings is 3. The zero-order valence-corrected chi connectivity index (χ0v) is 27.6. The summed E-state index contributed by atoms with van der Waals surface area (Å²) in [7, 11) is 6.05. The number of fused-ring (bicyclic) bond motifs is 2. The Bertz CT molecular complexity index is 2030. The number of ether oxygens (including phenoxy) is 5. The van der Waals surface area contributed by atoms with Crippen molar-refractivity contribution in [3.8, 4) is 34.1 Å². The van der Waals surface area contributed by atoms with Crippen molar-refractivity contribution in [3.05, 3.63) is 124 Å². The maximum Gasteiger partial charge on any atom is 0.347 e. The van der Waals surface area contributed by atoms with Crippen molar-refractivity contribution in [2.75, 3.05) is 28.4 Å². The molecule has 0 spiro atoms. The van der Waals surface area contributed by atoms with Crippen LogP contribution in [0.4, 0.5) is 0 Å². The van der Waals surface area contributed by atoms with Gasteiger partial charge in [0.25, 0.3) is 0 Å². The number of rotatable bonds is 8. The van der Waals surface area contributed by atoms with E-state index in [1.54, 1.807) is 50.6 Å². The summed E-state index contributed by atoms with van der Waals surface area (Å²) in [5.41, 5.74) is 2.46. The Morgan fingerprint density at radius 1 is 0.812 bits per heavy atom. The maximum atomic E-state index is 12.9. The Morgan fingerprint density at radius 3 is 2.10 bits per heavy atom. The third-order valence-electron chi connectivity index (χ3n) is 7.94. The van der Waals surface area contributed by atoms with Gasteiger partial charge in [-0.3, -0.25) is 9.59 Å². The van der Waals surface area contributed by atoms with Crippen LogP contribution in [0.15, 0.2) is 112 Å². The molecule has 9 nitrogen and oxygen atoms in total. The van der Waals surface area contributed by atoms with Crippen molar-refractivity contribution in [1.82, 2.24) is 0 Å². The normalized spacial score (nSPS) is 15.1. The molecule has 0 fully saturated rings. The highest BCUT2D eigenvalue weighted by molar-refractivity contribution is 6.19. The van der Waals surface area contributed by atoms with Gasteiger partial charge in [0.05, 0.1) is 34.0 Å². The van der Waals surface area contributed by atoms with E-state index in [1.807, 2.05) is 56.3 Å². The molecule has 6 rings (SSSR count). The van der Waals surface area contributed by atoms with Gasteiger partial charge in [-0.1, -0.05) is 48.5 Å². The lowest BCUT2D eigenvalue weighted by atomic mass is 9.85. The highest BCUT2D eigenvalue weighted by atomic mass is 16.5. The summed E-state index contributed by atoms with van der Waals surface area (Å²) in [5, 5.41) is 0.576. The number of carbonyl (C=O) groups is 2. The van der Waals surface area contributed by atoms with Crippen LogP contribution in [0.5, 0.6) is 23.0 Å². The molecule has 2 aliphatic rings. The fraction of sp³-hybridized carbons (Fsp3) is 0.205. The third-order valence-corrected chi connectivity index (χ3v) is 7.94. The third kappa shape index (κ3) is 6.53. The van der Waals surface area contributed by atoms with Crippen LogP contribution in [0.25, 0.3) is 28.2 Å². The predicted octanol–water partition coefficient (Wildman–Crippen LogP) is 7.23. The summed E-state index contributed by atoms with van der Waals surface area (Å²) < 4.78 is 33.2. The molecule has 0 bridgehead atoms. The number of ketones is 2. The molecule has 1 aromatic heterocycles. The Balaban J connectivity index is 0.000000206. The quantitative estimate of drug-likeness (QED) is 0.111. The zero-order chi connectivity index (χ0) is 34.6. The molecular formula is C39H36O9. The van der Waals surface area contributed by atoms with Crippen LogP contribution in [0.3, 0.4) is 0 Å². The van der Waals surface area contributed by atoms with E-state index in [4.69, 9.17) is 28.1 Å². The molecule has 0 radical (unpaired) electrons. The molecular weight excluding hydrogens is 612 g/mol. The molecule has 3 aromatic carbocycles. The van der Waals surface area contributed by atoms with Gasteiger partial charge in [0.15, 0.2) is 11.5 Å². The van der Waals surface area contributed by atoms with Gasteiger partial charge in [-0.25, -0.2) is 4.79 Å². The van der Waals surface area contributed by atoms with Gasteiger partial charge in [0.1, 0.15) is 45.1 Å². The lowest BCUT2D eigenvalue weighted by Gasteiger charge is -2.29. The molecule has 48 heavy (non-hydrogen) atoms. The Hall–Kier alpha value is -5.83. The summed E-state index contributed by atoms with van der Waals surface area (Å²) >= 11 is 0. The standard InChI is InChI=1S/C23H22O6.C16H14O3/c1-23(2)11-10-15-16(29-23)12-17-19(20(15)26-4)21(27-5)18(22(24)28-17)13-6-8-14(25-3)9-7-13;1-3-12(11-7-5-4-6-8-11)13-9-15(18)16(19-2)10-14(13)17/h6-12H,1-5H3;3-10,12H,1H2,2H3. The average Bonchev–Trinajstić information content (AvgIpc) is 3.08. The molecule has 1 unspecified atom stereocenters. The zero-order valence-electron chi connectivity index (χ0n) is 27.6. The minimum atomic E-state index is -0.507. The monoisotopic (exact) mass is 648 g/mol. The average molecular weight is 649 g/mol. The van der Waals surface area contributed by atoms with E-state index in [1.165, 1.54) is 26.4 Å². The van der Waals surface area contributed by atoms with Gasteiger partial charge in [0.2, 0.25) is 5.78 Å². The number of carbonyl (C=O) groups excluding carboxylic acids is 2. The second-order valence-electron chi connectivity index (χ2n) is 11.4. The van der Waals surface area contributed by atoms with Gasteiger partial charge in [-0.2, -0.15) is 0 Å². The van der Waals surface area contributed by atoms with E-state index in [0.717, 1.165) is 11.1 Å². The fourth-order valence-electron chi connectivity index (χ4n) is 5.62. The minimum Gasteiger partial charge on any atom is -0.497 e. The fourth-order valence-corrected chi connectivity index (χ4v) is 5.62. The number of allylic oxidation sites excluding steroid dienone is 4. The first-order chi connectivity index (χ1) is 23.0. The molecule has 4 aromatic rings. The smallest absolute Gasteiger partial charge is 0.347 e. The van der Waals surface area contributed by atoms with Crippen LogP contribution in [0, 0.1) is 0 Å².